The van der Waals surface area contributed by atoms with E-state index in [-0.39, 0.29) is 40.3 Å². The molecule has 0 fully saturated rings. The van der Waals surface area contributed by atoms with Crippen molar-refractivity contribution in [2.24, 2.45) is 0 Å². The molecule has 32 heavy (non-hydrogen) atoms. The third kappa shape index (κ3) is 4.52. The Morgan fingerprint density at radius 2 is 1.81 bits per heavy atom. The van der Waals surface area contributed by atoms with Gasteiger partial charge in [0.25, 0.3) is 0 Å². The second-order valence-electron chi connectivity index (χ2n) is 7.63. The first-order valence-corrected chi connectivity index (χ1v) is 9.49. The van der Waals surface area contributed by atoms with Crippen LogP contribution in [0.5, 0.6) is 0 Å². The standard InChI is InChI=1S/C21H16ClF3N6O/c1-20(2,32)10-31-9-12(8-29-31)18-13(6-26)17(14(7-27)19(28)30-18)11-3-4-15(16(22)5-11)21(23,24)25/h3-5,8-9,32H,10H2,1-2H3,(H2,28,30). The van der Waals surface area contributed by atoms with Crippen molar-refractivity contribution in [2.75, 3.05) is 5.73 Å². The Labute approximate surface area is 186 Å². The van der Waals surface area contributed by atoms with Crippen molar-refractivity contribution in [3.05, 3.63) is 52.3 Å². The van der Waals surface area contributed by atoms with Gasteiger partial charge >= 0.3 is 6.18 Å². The zero-order valence-corrected chi connectivity index (χ0v) is 17.6. The van der Waals surface area contributed by atoms with E-state index in [4.69, 9.17) is 17.3 Å². The van der Waals surface area contributed by atoms with Gasteiger partial charge < -0.3 is 10.8 Å². The number of anilines is 1. The summed E-state index contributed by atoms with van der Waals surface area (Å²) in [7, 11) is 0. The first-order valence-electron chi connectivity index (χ1n) is 9.11. The Morgan fingerprint density at radius 3 is 2.34 bits per heavy atom. The van der Waals surface area contributed by atoms with E-state index in [1.165, 1.54) is 17.1 Å². The molecular weight excluding hydrogens is 445 g/mol. The smallest absolute Gasteiger partial charge is 0.389 e. The summed E-state index contributed by atoms with van der Waals surface area (Å²) in [5, 5.41) is 33.0. The maximum Gasteiger partial charge on any atom is 0.417 e. The van der Waals surface area contributed by atoms with E-state index in [2.05, 4.69) is 10.1 Å². The van der Waals surface area contributed by atoms with Crippen LogP contribution in [0.4, 0.5) is 19.0 Å². The maximum atomic E-state index is 13.1. The second-order valence-corrected chi connectivity index (χ2v) is 8.03. The van der Waals surface area contributed by atoms with Gasteiger partial charge in [-0.1, -0.05) is 17.7 Å². The molecule has 7 nitrogen and oxygen atoms in total. The topological polar surface area (TPSA) is 125 Å². The Bertz CT molecular complexity index is 1280. The molecule has 0 spiro atoms. The number of alkyl halides is 3. The van der Waals surface area contributed by atoms with Crippen LogP contribution in [0.25, 0.3) is 22.4 Å². The van der Waals surface area contributed by atoms with Crippen LogP contribution < -0.4 is 5.73 Å². The third-order valence-electron chi connectivity index (χ3n) is 4.47. The van der Waals surface area contributed by atoms with Crippen LogP contribution in [0.1, 0.15) is 30.5 Å². The number of halogens is 4. The number of aliphatic hydroxyl groups is 1. The Morgan fingerprint density at radius 1 is 1.16 bits per heavy atom. The number of benzene rings is 1. The molecule has 11 heteroatoms. The monoisotopic (exact) mass is 460 g/mol. The Balaban J connectivity index is 2.25. The minimum absolute atomic E-state index is 0.0170. The van der Waals surface area contributed by atoms with E-state index >= 15 is 0 Å². The number of rotatable bonds is 4. The first-order chi connectivity index (χ1) is 14.9. The van der Waals surface area contributed by atoms with Gasteiger partial charge in [0.15, 0.2) is 0 Å². The number of hydrogen-bond acceptors (Lipinski definition) is 6. The van der Waals surface area contributed by atoms with Gasteiger partial charge in [-0.3, -0.25) is 4.68 Å². The fourth-order valence-corrected chi connectivity index (χ4v) is 3.48. The van der Waals surface area contributed by atoms with Gasteiger partial charge in [-0.25, -0.2) is 4.98 Å². The van der Waals surface area contributed by atoms with Gasteiger partial charge in [0.1, 0.15) is 23.5 Å². The largest absolute Gasteiger partial charge is 0.417 e. The highest BCUT2D eigenvalue weighted by Crippen LogP contribution is 2.40. The number of nitriles is 2. The molecule has 0 saturated carbocycles. The summed E-state index contributed by atoms with van der Waals surface area (Å²) in [5.41, 5.74) is 4.21. The molecule has 1 aromatic carbocycles. The van der Waals surface area contributed by atoms with Crippen LogP contribution >= 0.6 is 11.6 Å². The van der Waals surface area contributed by atoms with E-state index in [1.807, 2.05) is 12.1 Å². The average molecular weight is 461 g/mol. The minimum atomic E-state index is -4.66. The van der Waals surface area contributed by atoms with Crippen molar-refractivity contribution in [2.45, 2.75) is 32.2 Å². The van der Waals surface area contributed by atoms with Gasteiger partial charge in [-0.2, -0.15) is 28.8 Å². The Hall–Kier alpha value is -3.60. The van der Waals surface area contributed by atoms with E-state index in [0.29, 0.717) is 5.56 Å². The van der Waals surface area contributed by atoms with E-state index in [1.54, 1.807) is 13.8 Å². The van der Waals surface area contributed by atoms with Crippen LogP contribution in [0.15, 0.2) is 30.6 Å². The number of nitrogens with two attached hydrogens (primary N) is 1. The SMILES string of the molecule is CC(C)(O)Cn1cc(-c2nc(N)c(C#N)c(-c3ccc(C(F)(F)F)c(Cl)c3)c2C#N)cn1. The summed E-state index contributed by atoms with van der Waals surface area (Å²) in [6, 6.07) is 6.75. The normalized spacial score (nSPS) is 11.8. The molecule has 164 valence electrons. The quantitative estimate of drug-likeness (QED) is 0.595. The second kappa shape index (κ2) is 8.15. The van der Waals surface area contributed by atoms with Crippen molar-refractivity contribution in [1.82, 2.24) is 14.8 Å². The van der Waals surface area contributed by atoms with Crippen LogP contribution in [0.2, 0.25) is 5.02 Å². The third-order valence-corrected chi connectivity index (χ3v) is 4.78. The van der Waals surface area contributed by atoms with Crippen molar-refractivity contribution in [3.63, 3.8) is 0 Å². The molecule has 3 aromatic rings. The van der Waals surface area contributed by atoms with Crippen LogP contribution in [0, 0.1) is 22.7 Å². The van der Waals surface area contributed by atoms with Crippen LogP contribution in [-0.4, -0.2) is 25.5 Å². The summed E-state index contributed by atoms with van der Waals surface area (Å²) in [6.07, 6.45) is -1.72. The van der Waals surface area contributed by atoms with Crippen LogP contribution in [0.3, 0.4) is 0 Å². The lowest BCUT2D eigenvalue weighted by molar-refractivity contribution is -0.137. The lowest BCUT2D eigenvalue weighted by Gasteiger charge is -2.16. The summed E-state index contributed by atoms with van der Waals surface area (Å²) in [5.74, 6) is -0.206. The predicted molar refractivity (Wildman–Crippen MR) is 111 cm³/mol. The molecule has 2 aromatic heterocycles. The summed E-state index contributed by atoms with van der Waals surface area (Å²) >= 11 is 5.85. The van der Waals surface area contributed by atoms with Crippen molar-refractivity contribution in [1.29, 1.82) is 10.5 Å². The lowest BCUT2D eigenvalue weighted by Crippen LogP contribution is -2.26. The molecule has 0 amide bonds. The highest BCUT2D eigenvalue weighted by atomic mass is 35.5. The van der Waals surface area contributed by atoms with Gasteiger partial charge in [-0.15, -0.1) is 0 Å². The zero-order valence-electron chi connectivity index (χ0n) is 16.9. The summed E-state index contributed by atoms with van der Waals surface area (Å²) in [6.45, 7) is 3.35. The first kappa shape index (κ1) is 23.1. The van der Waals surface area contributed by atoms with E-state index < -0.39 is 22.4 Å². The highest BCUT2D eigenvalue weighted by molar-refractivity contribution is 6.31. The molecule has 3 rings (SSSR count). The highest BCUT2D eigenvalue weighted by Gasteiger charge is 2.33. The van der Waals surface area contributed by atoms with Crippen molar-refractivity contribution in [3.8, 4) is 34.5 Å². The molecule has 0 aliphatic rings. The van der Waals surface area contributed by atoms with Gasteiger partial charge in [0.2, 0.25) is 0 Å². The van der Waals surface area contributed by atoms with Crippen molar-refractivity contribution < 1.29 is 18.3 Å². The van der Waals surface area contributed by atoms with Gasteiger partial charge in [0.05, 0.1) is 40.2 Å². The van der Waals surface area contributed by atoms with E-state index in [0.717, 1.165) is 18.2 Å². The molecule has 0 radical (unpaired) electrons. The molecule has 0 bridgehead atoms. The maximum absolute atomic E-state index is 13.1. The summed E-state index contributed by atoms with van der Waals surface area (Å²) < 4.78 is 40.7. The molecule has 0 saturated heterocycles. The lowest BCUT2D eigenvalue weighted by atomic mass is 9.92. The number of nitrogen functional groups attached to an aromatic ring is 1. The fraction of sp³-hybridized carbons (Fsp3) is 0.238. The van der Waals surface area contributed by atoms with Gasteiger partial charge in [0, 0.05) is 17.3 Å². The molecule has 2 heterocycles. The number of nitrogens with zero attached hydrogens (tertiary/aromatic N) is 5. The fourth-order valence-electron chi connectivity index (χ4n) is 3.19. The summed E-state index contributed by atoms with van der Waals surface area (Å²) in [4.78, 5) is 4.16. The van der Waals surface area contributed by atoms with Gasteiger partial charge in [-0.05, 0) is 31.5 Å². The predicted octanol–water partition coefficient (Wildman–Crippen LogP) is 4.38. The Kier molecular flexibility index (Phi) is 5.88. The van der Waals surface area contributed by atoms with Crippen LogP contribution in [-0.2, 0) is 12.7 Å². The number of hydrogen-bond donors (Lipinski definition) is 2. The molecule has 0 unspecified atom stereocenters. The molecule has 3 N–H and O–H groups in total. The molecule has 0 aliphatic carbocycles. The number of aromatic nitrogens is 3. The minimum Gasteiger partial charge on any atom is -0.389 e. The average Bonchev–Trinajstić information content (AvgIpc) is 3.12. The van der Waals surface area contributed by atoms with Crippen molar-refractivity contribution >= 4 is 17.4 Å². The van der Waals surface area contributed by atoms with E-state index in [9.17, 15) is 28.8 Å². The number of pyridine rings is 1. The molecule has 0 atom stereocenters. The zero-order chi connectivity index (χ0) is 23.8. The molecule has 0 aliphatic heterocycles. The molecular formula is C21H16ClF3N6O.